The van der Waals surface area contributed by atoms with Gasteiger partial charge in [0, 0.05) is 31.2 Å². The van der Waals surface area contributed by atoms with Crippen molar-refractivity contribution in [2.45, 2.75) is 53.0 Å². The molecular formula is C16H32N2O. The molecule has 19 heavy (non-hydrogen) atoms. The summed E-state index contributed by atoms with van der Waals surface area (Å²) in [6.07, 6.45) is 3.88. The topological polar surface area (TPSA) is 24.5 Å². The highest BCUT2D eigenvalue weighted by molar-refractivity contribution is 4.91. The Hall–Kier alpha value is -0.120. The Morgan fingerprint density at radius 3 is 2.37 bits per heavy atom. The van der Waals surface area contributed by atoms with Crippen molar-refractivity contribution in [2.24, 2.45) is 10.8 Å². The molecule has 0 radical (unpaired) electrons. The summed E-state index contributed by atoms with van der Waals surface area (Å²) in [5.74, 6) is 0. The summed E-state index contributed by atoms with van der Waals surface area (Å²) in [5, 5.41) is 3.63. The molecule has 2 aliphatic rings. The lowest BCUT2D eigenvalue weighted by molar-refractivity contribution is 0.0681. The first kappa shape index (κ1) is 15.3. The number of piperidine rings is 1. The van der Waals surface area contributed by atoms with Gasteiger partial charge in [0.1, 0.15) is 0 Å². The van der Waals surface area contributed by atoms with Gasteiger partial charge < -0.3 is 15.0 Å². The normalized spacial score (nSPS) is 32.1. The van der Waals surface area contributed by atoms with Gasteiger partial charge in [-0.15, -0.1) is 0 Å². The summed E-state index contributed by atoms with van der Waals surface area (Å²) in [6, 6.07) is 0.567. The van der Waals surface area contributed by atoms with E-state index < -0.39 is 0 Å². The van der Waals surface area contributed by atoms with Crippen molar-refractivity contribution in [3.63, 3.8) is 0 Å². The summed E-state index contributed by atoms with van der Waals surface area (Å²) in [6.45, 7) is 16.0. The van der Waals surface area contributed by atoms with E-state index in [4.69, 9.17) is 4.74 Å². The number of nitrogens with one attached hydrogen (secondary N) is 1. The molecule has 3 heteroatoms. The van der Waals surface area contributed by atoms with Crippen LogP contribution >= 0.6 is 0 Å². The predicted molar refractivity (Wildman–Crippen MR) is 80.5 cm³/mol. The van der Waals surface area contributed by atoms with Crippen molar-refractivity contribution in [3.05, 3.63) is 0 Å². The molecular weight excluding hydrogens is 236 g/mol. The van der Waals surface area contributed by atoms with E-state index >= 15 is 0 Å². The van der Waals surface area contributed by atoms with Crippen LogP contribution in [0.15, 0.2) is 0 Å². The number of nitrogens with zero attached hydrogens (tertiary/aromatic N) is 1. The minimum atomic E-state index is 0.353. The van der Waals surface area contributed by atoms with Crippen molar-refractivity contribution < 1.29 is 4.74 Å². The maximum absolute atomic E-state index is 5.71. The quantitative estimate of drug-likeness (QED) is 0.829. The number of hydrogen-bond acceptors (Lipinski definition) is 3. The molecule has 0 aromatic rings. The molecule has 112 valence electrons. The smallest absolute Gasteiger partial charge is 0.0547 e. The van der Waals surface area contributed by atoms with Gasteiger partial charge in [0.2, 0.25) is 0 Å². The van der Waals surface area contributed by atoms with Crippen LogP contribution in [0.3, 0.4) is 0 Å². The van der Waals surface area contributed by atoms with Crippen molar-refractivity contribution in [2.75, 3.05) is 39.4 Å². The molecule has 2 fully saturated rings. The lowest BCUT2D eigenvalue weighted by Gasteiger charge is -2.41. The number of rotatable bonds is 5. The molecule has 0 aromatic heterocycles. The Morgan fingerprint density at radius 2 is 1.84 bits per heavy atom. The van der Waals surface area contributed by atoms with E-state index in [1.165, 1.54) is 38.9 Å². The predicted octanol–water partition coefficient (Wildman–Crippen LogP) is 2.51. The van der Waals surface area contributed by atoms with Gasteiger partial charge in [0.05, 0.1) is 6.61 Å². The van der Waals surface area contributed by atoms with Gasteiger partial charge in [-0.05, 0) is 37.8 Å². The van der Waals surface area contributed by atoms with Gasteiger partial charge in [0.15, 0.2) is 0 Å². The van der Waals surface area contributed by atoms with E-state index in [1.54, 1.807) is 0 Å². The standard InChI is InChI=1S/C16H32N2O/c1-14(2)17-11-16(7-10-19-13-16)12-18-8-5-15(3,4)6-9-18/h14,17H,5-13H2,1-4H3. The van der Waals surface area contributed by atoms with Gasteiger partial charge >= 0.3 is 0 Å². The van der Waals surface area contributed by atoms with Crippen LogP contribution in [0.2, 0.25) is 0 Å². The molecule has 0 bridgehead atoms. The van der Waals surface area contributed by atoms with Gasteiger partial charge in [-0.3, -0.25) is 0 Å². The Kier molecular flexibility index (Phi) is 4.91. The lowest BCUT2D eigenvalue weighted by atomic mass is 9.80. The monoisotopic (exact) mass is 268 g/mol. The maximum Gasteiger partial charge on any atom is 0.0547 e. The van der Waals surface area contributed by atoms with E-state index in [0.29, 0.717) is 16.9 Å². The number of likely N-dealkylation sites (tertiary alicyclic amines) is 1. The molecule has 0 saturated carbocycles. The molecule has 3 nitrogen and oxygen atoms in total. The molecule has 1 N–H and O–H groups in total. The average molecular weight is 268 g/mol. The first-order valence-corrected chi connectivity index (χ1v) is 7.94. The van der Waals surface area contributed by atoms with Crippen LogP contribution in [-0.2, 0) is 4.74 Å². The summed E-state index contributed by atoms with van der Waals surface area (Å²) in [5.41, 5.74) is 0.901. The molecule has 2 aliphatic heterocycles. The van der Waals surface area contributed by atoms with Crippen LogP contribution in [0.5, 0.6) is 0 Å². The van der Waals surface area contributed by atoms with Crippen molar-refractivity contribution >= 4 is 0 Å². The number of ether oxygens (including phenoxy) is 1. The van der Waals surface area contributed by atoms with Crippen LogP contribution in [-0.4, -0.2) is 50.3 Å². The van der Waals surface area contributed by atoms with E-state index in [1.807, 2.05) is 0 Å². The lowest BCUT2D eigenvalue weighted by Crippen LogP contribution is -2.49. The van der Waals surface area contributed by atoms with Crippen LogP contribution in [0.1, 0.15) is 47.0 Å². The third kappa shape index (κ3) is 4.44. The minimum absolute atomic E-state index is 0.353. The fourth-order valence-corrected chi connectivity index (χ4v) is 3.18. The van der Waals surface area contributed by atoms with Crippen molar-refractivity contribution in [1.29, 1.82) is 0 Å². The molecule has 2 heterocycles. The summed E-state index contributed by atoms with van der Waals surface area (Å²) in [7, 11) is 0. The minimum Gasteiger partial charge on any atom is -0.381 e. The Balaban J connectivity index is 1.87. The van der Waals surface area contributed by atoms with Crippen LogP contribution < -0.4 is 5.32 Å². The van der Waals surface area contributed by atoms with E-state index in [-0.39, 0.29) is 0 Å². The zero-order valence-corrected chi connectivity index (χ0v) is 13.3. The second-order valence-electron chi connectivity index (χ2n) is 7.78. The summed E-state index contributed by atoms with van der Waals surface area (Å²) >= 11 is 0. The third-order valence-corrected chi connectivity index (χ3v) is 4.84. The van der Waals surface area contributed by atoms with Crippen LogP contribution in [0.25, 0.3) is 0 Å². The maximum atomic E-state index is 5.71. The van der Waals surface area contributed by atoms with Crippen LogP contribution in [0.4, 0.5) is 0 Å². The first-order chi connectivity index (χ1) is 8.91. The van der Waals surface area contributed by atoms with Crippen molar-refractivity contribution in [3.8, 4) is 0 Å². The molecule has 0 aromatic carbocycles. The average Bonchev–Trinajstić information content (AvgIpc) is 2.79. The van der Waals surface area contributed by atoms with E-state index in [2.05, 4.69) is 37.9 Å². The Labute approximate surface area is 119 Å². The molecule has 1 unspecified atom stereocenters. The van der Waals surface area contributed by atoms with E-state index in [9.17, 15) is 0 Å². The van der Waals surface area contributed by atoms with E-state index in [0.717, 1.165) is 19.8 Å². The Morgan fingerprint density at radius 1 is 1.16 bits per heavy atom. The van der Waals surface area contributed by atoms with Gasteiger partial charge in [-0.1, -0.05) is 27.7 Å². The SMILES string of the molecule is CC(C)NCC1(CN2CCC(C)(C)CC2)CCOC1. The first-order valence-electron chi connectivity index (χ1n) is 7.94. The Bertz CT molecular complexity index is 272. The second kappa shape index (κ2) is 6.11. The summed E-state index contributed by atoms with van der Waals surface area (Å²) in [4.78, 5) is 2.67. The highest BCUT2D eigenvalue weighted by Gasteiger charge is 2.38. The highest BCUT2D eigenvalue weighted by Crippen LogP contribution is 2.34. The second-order valence-corrected chi connectivity index (χ2v) is 7.78. The molecule has 1 atom stereocenters. The fraction of sp³-hybridized carbons (Fsp3) is 1.00. The number of hydrogen-bond donors (Lipinski definition) is 1. The van der Waals surface area contributed by atoms with Gasteiger partial charge in [0.25, 0.3) is 0 Å². The van der Waals surface area contributed by atoms with Gasteiger partial charge in [-0.2, -0.15) is 0 Å². The largest absolute Gasteiger partial charge is 0.381 e. The highest BCUT2D eigenvalue weighted by atomic mass is 16.5. The molecule has 0 spiro atoms. The summed E-state index contributed by atoms with van der Waals surface area (Å²) < 4.78 is 5.71. The fourth-order valence-electron chi connectivity index (χ4n) is 3.18. The molecule has 0 aliphatic carbocycles. The molecule has 0 amide bonds. The molecule has 2 rings (SSSR count). The third-order valence-electron chi connectivity index (χ3n) is 4.84. The van der Waals surface area contributed by atoms with Crippen molar-refractivity contribution in [1.82, 2.24) is 10.2 Å². The zero-order chi connectivity index (χ0) is 13.9. The zero-order valence-electron chi connectivity index (χ0n) is 13.3. The van der Waals surface area contributed by atoms with Crippen LogP contribution in [0, 0.1) is 10.8 Å². The van der Waals surface area contributed by atoms with Gasteiger partial charge in [-0.25, -0.2) is 0 Å². The molecule has 2 saturated heterocycles.